The SMILES string of the molecule is COC(=O)CCCCCCCC=CCCBr. The van der Waals surface area contributed by atoms with Gasteiger partial charge in [-0.15, -0.1) is 0 Å². The molecule has 0 fully saturated rings. The molecule has 0 N–H and O–H groups in total. The van der Waals surface area contributed by atoms with Crippen molar-refractivity contribution in [2.45, 2.75) is 51.4 Å². The van der Waals surface area contributed by atoms with E-state index in [-0.39, 0.29) is 5.97 Å². The van der Waals surface area contributed by atoms with Crippen molar-refractivity contribution >= 4 is 21.9 Å². The highest BCUT2D eigenvalue weighted by Crippen LogP contribution is 2.08. The Bertz CT molecular complexity index is 190. The zero-order chi connectivity index (χ0) is 12.1. The van der Waals surface area contributed by atoms with Crippen LogP contribution in [0, 0.1) is 0 Å². The molecule has 0 aromatic carbocycles. The summed E-state index contributed by atoms with van der Waals surface area (Å²) in [4.78, 5) is 10.8. The van der Waals surface area contributed by atoms with Crippen LogP contribution in [0.4, 0.5) is 0 Å². The molecule has 16 heavy (non-hydrogen) atoms. The van der Waals surface area contributed by atoms with Gasteiger partial charge < -0.3 is 4.74 Å². The lowest BCUT2D eigenvalue weighted by Gasteiger charge is -1.99. The third kappa shape index (κ3) is 11.8. The number of carbonyl (C=O) groups excluding carboxylic acids is 1. The molecule has 0 bridgehead atoms. The summed E-state index contributed by atoms with van der Waals surface area (Å²) in [5, 5.41) is 1.05. The molecule has 0 rings (SSSR count). The molecule has 0 aromatic rings. The van der Waals surface area contributed by atoms with Crippen LogP contribution in [0.3, 0.4) is 0 Å². The number of rotatable bonds is 10. The van der Waals surface area contributed by atoms with Gasteiger partial charge in [0.1, 0.15) is 0 Å². The van der Waals surface area contributed by atoms with Gasteiger partial charge in [-0.2, -0.15) is 0 Å². The number of halogens is 1. The largest absolute Gasteiger partial charge is 0.469 e. The predicted molar refractivity (Wildman–Crippen MR) is 71.9 cm³/mol. The van der Waals surface area contributed by atoms with Gasteiger partial charge in [-0.1, -0.05) is 47.3 Å². The third-order valence-electron chi connectivity index (χ3n) is 2.42. The summed E-state index contributed by atoms with van der Waals surface area (Å²) in [6.45, 7) is 0. The van der Waals surface area contributed by atoms with Crippen LogP contribution < -0.4 is 0 Å². The Labute approximate surface area is 108 Å². The van der Waals surface area contributed by atoms with E-state index in [2.05, 4.69) is 32.8 Å². The highest BCUT2D eigenvalue weighted by Gasteiger charge is 1.98. The van der Waals surface area contributed by atoms with Gasteiger partial charge in [0, 0.05) is 11.8 Å². The smallest absolute Gasteiger partial charge is 0.305 e. The van der Waals surface area contributed by atoms with Crippen molar-refractivity contribution in [1.29, 1.82) is 0 Å². The van der Waals surface area contributed by atoms with Crippen LogP contribution in [-0.2, 0) is 9.53 Å². The quantitative estimate of drug-likeness (QED) is 0.260. The van der Waals surface area contributed by atoms with E-state index in [0.717, 1.165) is 24.6 Å². The maximum atomic E-state index is 10.8. The van der Waals surface area contributed by atoms with Gasteiger partial charge in [0.05, 0.1) is 7.11 Å². The molecule has 0 aromatic heterocycles. The van der Waals surface area contributed by atoms with Crippen LogP contribution >= 0.6 is 15.9 Å². The van der Waals surface area contributed by atoms with Crippen LogP contribution in [0.15, 0.2) is 12.2 Å². The van der Waals surface area contributed by atoms with Gasteiger partial charge in [-0.05, 0) is 25.7 Å². The molecule has 0 atom stereocenters. The second kappa shape index (κ2) is 12.8. The highest BCUT2D eigenvalue weighted by atomic mass is 79.9. The number of allylic oxidation sites excluding steroid dienone is 2. The zero-order valence-corrected chi connectivity index (χ0v) is 11.8. The van der Waals surface area contributed by atoms with Gasteiger partial charge >= 0.3 is 5.97 Å². The Morgan fingerprint density at radius 2 is 1.69 bits per heavy atom. The van der Waals surface area contributed by atoms with Gasteiger partial charge in [0.25, 0.3) is 0 Å². The van der Waals surface area contributed by atoms with Gasteiger partial charge in [0.15, 0.2) is 0 Å². The number of methoxy groups -OCH3 is 1. The minimum Gasteiger partial charge on any atom is -0.469 e. The Balaban J connectivity index is 3.07. The van der Waals surface area contributed by atoms with Crippen molar-refractivity contribution in [2.24, 2.45) is 0 Å². The molecule has 94 valence electrons. The van der Waals surface area contributed by atoms with Crippen LogP contribution in [0.2, 0.25) is 0 Å². The standard InChI is InChI=1S/C13H23BrO2/c1-16-13(15)11-9-7-5-3-2-4-6-8-10-12-14/h6,8H,2-5,7,9-12H2,1H3. The van der Waals surface area contributed by atoms with Crippen LogP contribution in [0.1, 0.15) is 51.4 Å². The molecule has 0 saturated heterocycles. The molecule has 3 heteroatoms. The van der Waals surface area contributed by atoms with E-state index in [1.165, 1.54) is 32.8 Å². The molecule has 0 amide bonds. The molecular formula is C13H23BrO2. The van der Waals surface area contributed by atoms with Crippen LogP contribution in [-0.4, -0.2) is 18.4 Å². The van der Waals surface area contributed by atoms with E-state index in [1.807, 2.05) is 0 Å². The summed E-state index contributed by atoms with van der Waals surface area (Å²) < 4.78 is 4.58. The van der Waals surface area contributed by atoms with Crippen LogP contribution in [0.25, 0.3) is 0 Å². The zero-order valence-electron chi connectivity index (χ0n) is 10.2. The summed E-state index contributed by atoms with van der Waals surface area (Å²) in [6, 6.07) is 0. The first-order valence-electron chi connectivity index (χ1n) is 6.09. The fourth-order valence-corrected chi connectivity index (χ4v) is 1.73. The van der Waals surface area contributed by atoms with E-state index in [0.29, 0.717) is 6.42 Å². The van der Waals surface area contributed by atoms with E-state index in [9.17, 15) is 4.79 Å². The van der Waals surface area contributed by atoms with E-state index < -0.39 is 0 Å². The number of ether oxygens (including phenoxy) is 1. The number of hydrogen-bond donors (Lipinski definition) is 0. The molecule has 0 aliphatic heterocycles. The van der Waals surface area contributed by atoms with E-state index >= 15 is 0 Å². The number of hydrogen-bond acceptors (Lipinski definition) is 2. The summed E-state index contributed by atoms with van der Waals surface area (Å²) in [7, 11) is 1.45. The number of esters is 1. The monoisotopic (exact) mass is 290 g/mol. The summed E-state index contributed by atoms with van der Waals surface area (Å²) >= 11 is 3.39. The maximum absolute atomic E-state index is 10.8. The van der Waals surface area contributed by atoms with Crippen molar-refractivity contribution < 1.29 is 9.53 Å². The van der Waals surface area contributed by atoms with Crippen molar-refractivity contribution in [3.63, 3.8) is 0 Å². The lowest BCUT2D eigenvalue weighted by Crippen LogP contribution is -1.98. The topological polar surface area (TPSA) is 26.3 Å². The molecule has 0 radical (unpaired) electrons. The fourth-order valence-electron chi connectivity index (χ4n) is 1.46. The van der Waals surface area contributed by atoms with Crippen molar-refractivity contribution in [3.8, 4) is 0 Å². The fraction of sp³-hybridized carbons (Fsp3) is 0.769. The Morgan fingerprint density at radius 3 is 2.38 bits per heavy atom. The second-order valence-electron chi connectivity index (χ2n) is 3.83. The van der Waals surface area contributed by atoms with Crippen molar-refractivity contribution in [2.75, 3.05) is 12.4 Å². The molecule has 0 aliphatic carbocycles. The first-order valence-corrected chi connectivity index (χ1v) is 7.21. The summed E-state index contributed by atoms with van der Waals surface area (Å²) in [5.74, 6) is -0.0855. The van der Waals surface area contributed by atoms with Gasteiger partial charge in [-0.3, -0.25) is 4.79 Å². The molecule has 0 heterocycles. The van der Waals surface area contributed by atoms with E-state index in [1.54, 1.807) is 0 Å². The van der Waals surface area contributed by atoms with Crippen molar-refractivity contribution in [1.82, 2.24) is 0 Å². The Morgan fingerprint density at radius 1 is 1.06 bits per heavy atom. The summed E-state index contributed by atoms with van der Waals surface area (Å²) in [6.07, 6.45) is 13.2. The first kappa shape index (κ1) is 15.7. The molecule has 2 nitrogen and oxygen atoms in total. The molecule has 0 aliphatic rings. The normalized spacial score (nSPS) is 10.9. The molecule has 0 spiro atoms. The molecular weight excluding hydrogens is 268 g/mol. The Kier molecular flexibility index (Phi) is 12.5. The molecule has 0 unspecified atom stereocenters. The maximum Gasteiger partial charge on any atom is 0.305 e. The van der Waals surface area contributed by atoms with E-state index in [4.69, 9.17) is 0 Å². The van der Waals surface area contributed by atoms with Gasteiger partial charge in [0.2, 0.25) is 0 Å². The third-order valence-corrected chi connectivity index (χ3v) is 2.88. The average molecular weight is 291 g/mol. The average Bonchev–Trinajstić information content (AvgIpc) is 2.31. The predicted octanol–water partition coefficient (Wildman–Crippen LogP) is 4.23. The lowest BCUT2D eigenvalue weighted by molar-refractivity contribution is -0.140. The van der Waals surface area contributed by atoms with Crippen LogP contribution in [0.5, 0.6) is 0 Å². The minimum absolute atomic E-state index is 0.0855. The van der Waals surface area contributed by atoms with Gasteiger partial charge in [-0.25, -0.2) is 0 Å². The summed E-state index contributed by atoms with van der Waals surface area (Å²) in [5.41, 5.74) is 0. The number of alkyl halides is 1. The number of carbonyl (C=O) groups is 1. The Hall–Kier alpha value is -0.310. The minimum atomic E-state index is -0.0855. The van der Waals surface area contributed by atoms with Crippen molar-refractivity contribution in [3.05, 3.63) is 12.2 Å². The highest BCUT2D eigenvalue weighted by molar-refractivity contribution is 9.09. The lowest BCUT2D eigenvalue weighted by atomic mass is 10.1. The number of unbranched alkanes of at least 4 members (excludes halogenated alkanes) is 5. The first-order chi connectivity index (χ1) is 7.81. The molecule has 0 saturated carbocycles. The second-order valence-corrected chi connectivity index (χ2v) is 4.62.